The molecule has 2 aliphatic rings. The van der Waals surface area contributed by atoms with Gasteiger partial charge in [-0.15, -0.1) is 11.3 Å². The lowest BCUT2D eigenvalue weighted by Gasteiger charge is -2.30. The molecule has 3 rings (SSSR count). The number of thiazole rings is 1. The molecule has 1 unspecified atom stereocenters. The second-order valence-corrected chi connectivity index (χ2v) is 7.53. The van der Waals surface area contributed by atoms with Gasteiger partial charge >= 0.3 is 0 Å². The molecular formula is C12H19N3S2. The summed E-state index contributed by atoms with van der Waals surface area (Å²) in [6, 6.07) is 0.784. The third kappa shape index (κ3) is 3.14. The molecule has 5 heteroatoms. The Morgan fingerprint density at radius 1 is 1.53 bits per heavy atom. The van der Waals surface area contributed by atoms with E-state index in [2.05, 4.69) is 33.9 Å². The smallest absolute Gasteiger partial charge is 0.185 e. The molecule has 0 radical (unpaired) electrons. The summed E-state index contributed by atoms with van der Waals surface area (Å²) in [5, 5.41) is 5.50. The number of hydrogen-bond donors (Lipinski definition) is 1. The fourth-order valence-corrected chi connectivity index (χ4v) is 3.96. The molecule has 94 valence electrons. The first-order chi connectivity index (χ1) is 8.31. The van der Waals surface area contributed by atoms with Gasteiger partial charge in [0.15, 0.2) is 5.13 Å². The molecule has 1 aliphatic carbocycles. The first kappa shape index (κ1) is 11.8. The van der Waals surface area contributed by atoms with Crippen molar-refractivity contribution in [2.45, 2.75) is 37.6 Å². The second-order valence-electron chi connectivity index (χ2n) is 4.89. The zero-order valence-corrected chi connectivity index (χ0v) is 11.8. The average molecular weight is 269 g/mol. The van der Waals surface area contributed by atoms with Crippen LogP contribution in [0.5, 0.6) is 0 Å². The molecule has 1 aromatic rings. The molecular weight excluding hydrogens is 250 g/mol. The summed E-state index contributed by atoms with van der Waals surface area (Å²) in [5.41, 5.74) is 0. The molecule has 1 atom stereocenters. The van der Waals surface area contributed by atoms with E-state index in [4.69, 9.17) is 0 Å². The maximum atomic E-state index is 4.57. The largest absolute Gasteiger partial charge is 0.346 e. The quantitative estimate of drug-likeness (QED) is 0.908. The van der Waals surface area contributed by atoms with Crippen LogP contribution in [0, 0.1) is 0 Å². The van der Waals surface area contributed by atoms with Gasteiger partial charge in [-0.3, -0.25) is 0 Å². The summed E-state index contributed by atoms with van der Waals surface area (Å²) in [7, 11) is 0. The Morgan fingerprint density at radius 2 is 2.41 bits per heavy atom. The van der Waals surface area contributed by atoms with E-state index in [0.717, 1.165) is 30.9 Å². The summed E-state index contributed by atoms with van der Waals surface area (Å²) in [6.45, 7) is 5.60. The summed E-state index contributed by atoms with van der Waals surface area (Å²) in [5.74, 6) is 1.23. The molecule has 0 bridgehead atoms. The first-order valence-electron chi connectivity index (χ1n) is 6.36. The topological polar surface area (TPSA) is 28.2 Å². The molecule has 1 aliphatic heterocycles. The fraction of sp³-hybridized carbons (Fsp3) is 0.750. The van der Waals surface area contributed by atoms with Gasteiger partial charge in [-0.1, -0.05) is 6.92 Å². The van der Waals surface area contributed by atoms with Crippen molar-refractivity contribution in [3.8, 4) is 0 Å². The number of nitrogens with zero attached hydrogens (tertiary/aromatic N) is 2. The van der Waals surface area contributed by atoms with E-state index in [1.807, 2.05) is 17.5 Å². The van der Waals surface area contributed by atoms with Crippen molar-refractivity contribution in [3.05, 3.63) is 11.1 Å². The highest BCUT2D eigenvalue weighted by molar-refractivity contribution is 8.00. The first-order valence-corrected chi connectivity index (χ1v) is 8.22. The monoisotopic (exact) mass is 269 g/mol. The third-order valence-electron chi connectivity index (χ3n) is 3.20. The minimum absolute atomic E-state index is 0.737. The van der Waals surface area contributed by atoms with Crippen molar-refractivity contribution in [3.63, 3.8) is 0 Å². The number of hydrogen-bond acceptors (Lipinski definition) is 5. The molecule has 1 saturated heterocycles. The fourth-order valence-electron chi connectivity index (χ4n) is 2.05. The van der Waals surface area contributed by atoms with Crippen molar-refractivity contribution in [1.29, 1.82) is 0 Å². The van der Waals surface area contributed by atoms with E-state index in [0.29, 0.717) is 0 Å². The second kappa shape index (κ2) is 5.16. The maximum absolute atomic E-state index is 4.57. The highest BCUT2D eigenvalue weighted by atomic mass is 32.2. The van der Waals surface area contributed by atoms with Gasteiger partial charge in [-0.25, -0.2) is 4.98 Å². The van der Waals surface area contributed by atoms with Gasteiger partial charge < -0.3 is 10.2 Å². The van der Waals surface area contributed by atoms with E-state index in [9.17, 15) is 0 Å². The average Bonchev–Trinajstić information content (AvgIpc) is 3.04. The zero-order valence-electron chi connectivity index (χ0n) is 10.2. The number of rotatable bonds is 4. The zero-order chi connectivity index (χ0) is 11.7. The lowest BCUT2D eigenvalue weighted by atomic mass is 10.4. The van der Waals surface area contributed by atoms with Crippen molar-refractivity contribution in [1.82, 2.24) is 10.3 Å². The van der Waals surface area contributed by atoms with E-state index in [1.165, 1.54) is 28.6 Å². The third-order valence-corrected chi connectivity index (χ3v) is 5.39. The van der Waals surface area contributed by atoms with Crippen molar-refractivity contribution >= 4 is 28.2 Å². The van der Waals surface area contributed by atoms with Gasteiger partial charge in [0.1, 0.15) is 0 Å². The molecule has 0 spiro atoms. The van der Waals surface area contributed by atoms with Gasteiger partial charge in [0, 0.05) is 47.8 Å². The maximum Gasteiger partial charge on any atom is 0.185 e. The molecule has 0 aromatic carbocycles. The summed E-state index contributed by atoms with van der Waals surface area (Å²) < 4.78 is 0. The van der Waals surface area contributed by atoms with E-state index >= 15 is 0 Å². The number of aromatic nitrogens is 1. The minimum Gasteiger partial charge on any atom is -0.346 e. The van der Waals surface area contributed by atoms with Gasteiger partial charge in [0.2, 0.25) is 0 Å². The Morgan fingerprint density at radius 3 is 3.18 bits per heavy atom. The predicted octanol–water partition coefficient (Wildman–Crippen LogP) is 2.34. The SMILES string of the molecule is CC1CN(c2ncc(CNC3CC3)s2)CCS1. The number of anilines is 1. The van der Waals surface area contributed by atoms with Crippen LogP contribution in [-0.4, -0.2) is 35.1 Å². The van der Waals surface area contributed by atoms with Crippen LogP contribution in [-0.2, 0) is 6.54 Å². The lowest BCUT2D eigenvalue weighted by Crippen LogP contribution is -2.36. The standard InChI is InChI=1S/C12H19N3S2/c1-9-8-15(4-5-16-9)12-14-7-11(17-12)6-13-10-2-3-10/h7,9-10,13H,2-6,8H2,1H3. The Kier molecular flexibility index (Phi) is 3.59. The van der Waals surface area contributed by atoms with Crippen LogP contribution in [0.15, 0.2) is 6.20 Å². The Bertz CT molecular complexity index is 376. The highest BCUT2D eigenvalue weighted by Gasteiger charge is 2.22. The molecule has 3 nitrogen and oxygen atoms in total. The molecule has 0 amide bonds. The Balaban J connectivity index is 1.58. The molecule has 1 aromatic heterocycles. The van der Waals surface area contributed by atoms with E-state index < -0.39 is 0 Å². The predicted molar refractivity (Wildman–Crippen MR) is 76.1 cm³/mol. The lowest BCUT2D eigenvalue weighted by molar-refractivity contribution is 0.694. The molecule has 17 heavy (non-hydrogen) atoms. The van der Waals surface area contributed by atoms with E-state index in [-0.39, 0.29) is 0 Å². The van der Waals surface area contributed by atoms with Crippen LogP contribution in [0.3, 0.4) is 0 Å². The van der Waals surface area contributed by atoms with Crippen molar-refractivity contribution < 1.29 is 0 Å². The number of nitrogens with one attached hydrogen (secondary N) is 1. The van der Waals surface area contributed by atoms with E-state index in [1.54, 1.807) is 0 Å². The van der Waals surface area contributed by atoms with Gasteiger partial charge in [-0.2, -0.15) is 11.8 Å². The van der Waals surface area contributed by atoms with Crippen LogP contribution in [0.2, 0.25) is 0 Å². The van der Waals surface area contributed by atoms with Gasteiger partial charge in [0.25, 0.3) is 0 Å². The molecule has 1 saturated carbocycles. The summed E-state index contributed by atoms with van der Waals surface area (Å²) >= 11 is 3.92. The number of thioether (sulfide) groups is 1. The Labute approximate surface area is 111 Å². The molecule has 1 N–H and O–H groups in total. The molecule has 2 fully saturated rings. The highest BCUT2D eigenvalue weighted by Crippen LogP contribution is 2.28. The Hall–Kier alpha value is -0.260. The summed E-state index contributed by atoms with van der Waals surface area (Å²) in [4.78, 5) is 8.38. The van der Waals surface area contributed by atoms with Crippen LogP contribution < -0.4 is 10.2 Å². The molecule has 2 heterocycles. The summed E-state index contributed by atoms with van der Waals surface area (Å²) in [6.07, 6.45) is 4.75. The van der Waals surface area contributed by atoms with Gasteiger partial charge in [-0.05, 0) is 12.8 Å². The van der Waals surface area contributed by atoms with Crippen LogP contribution >= 0.6 is 23.1 Å². The normalized spacial score (nSPS) is 25.2. The van der Waals surface area contributed by atoms with Crippen molar-refractivity contribution in [2.75, 3.05) is 23.7 Å². The van der Waals surface area contributed by atoms with Crippen LogP contribution in [0.4, 0.5) is 5.13 Å². The van der Waals surface area contributed by atoms with Gasteiger partial charge in [0.05, 0.1) is 0 Å². The van der Waals surface area contributed by atoms with Crippen LogP contribution in [0.1, 0.15) is 24.6 Å². The van der Waals surface area contributed by atoms with Crippen LogP contribution in [0.25, 0.3) is 0 Å². The minimum atomic E-state index is 0.737. The van der Waals surface area contributed by atoms with Crippen molar-refractivity contribution in [2.24, 2.45) is 0 Å².